The average molecular weight is 338 g/mol. The molecule has 124 valence electrons. The monoisotopic (exact) mass is 337 g/mol. The lowest BCUT2D eigenvalue weighted by Gasteiger charge is -2.12. The van der Waals surface area contributed by atoms with E-state index in [1.165, 1.54) is 7.11 Å². The molecule has 23 heavy (non-hydrogen) atoms. The van der Waals surface area contributed by atoms with Gasteiger partial charge >= 0.3 is 0 Å². The molecular formula is C17H20ClNO4. The first-order chi connectivity index (χ1) is 10.9. The molecule has 0 spiro atoms. The molecule has 2 rings (SSSR count). The lowest BCUT2D eigenvalue weighted by atomic mass is 10.1. The second-order valence-electron chi connectivity index (χ2n) is 5.27. The number of halogens is 1. The van der Waals surface area contributed by atoms with Gasteiger partial charge in [-0.1, -0.05) is 11.6 Å². The highest BCUT2D eigenvalue weighted by Gasteiger charge is 2.16. The highest BCUT2D eigenvalue weighted by Crippen LogP contribution is 2.24. The number of ether oxygens (including phenoxy) is 1. The number of rotatable bonds is 6. The molecule has 0 aliphatic heterocycles. The molecule has 0 radical (unpaired) electrons. The Morgan fingerprint density at radius 1 is 1.39 bits per heavy atom. The van der Waals surface area contributed by atoms with Gasteiger partial charge in [0.15, 0.2) is 0 Å². The van der Waals surface area contributed by atoms with Crippen LogP contribution in [0.4, 0.5) is 0 Å². The smallest absolute Gasteiger partial charge is 0.255 e. The van der Waals surface area contributed by atoms with E-state index in [9.17, 15) is 9.90 Å². The number of aryl methyl sites for hydroxylation is 2. The number of benzene rings is 1. The maximum absolute atomic E-state index is 12.2. The minimum Gasteiger partial charge on any atom is -0.496 e. The molecule has 2 N–H and O–H groups in total. The van der Waals surface area contributed by atoms with Gasteiger partial charge in [-0.2, -0.15) is 0 Å². The third-order valence-electron chi connectivity index (χ3n) is 3.55. The predicted molar refractivity (Wildman–Crippen MR) is 88.1 cm³/mol. The molecule has 5 nitrogen and oxygen atoms in total. The second kappa shape index (κ2) is 7.53. The van der Waals surface area contributed by atoms with Crippen molar-refractivity contribution in [1.29, 1.82) is 0 Å². The Balaban J connectivity index is 1.95. The van der Waals surface area contributed by atoms with Gasteiger partial charge in [0.2, 0.25) is 0 Å². The number of furan rings is 1. The predicted octanol–water partition coefficient (Wildman–Crippen LogP) is 3.41. The molecule has 6 heteroatoms. The van der Waals surface area contributed by atoms with Crippen LogP contribution in [0.25, 0.3) is 0 Å². The molecule has 2 aromatic rings. The van der Waals surface area contributed by atoms with Gasteiger partial charge in [0, 0.05) is 17.1 Å². The Morgan fingerprint density at radius 3 is 2.74 bits per heavy atom. The van der Waals surface area contributed by atoms with Crippen LogP contribution in [0.5, 0.6) is 5.75 Å². The van der Waals surface area contributed by atoms with Crippen molar-refractivity contribution in [3.8, 4) is 5.75 Å². The summed E-state index contributed by atoms with van der Waals surface area (Å²) in [5, 5.41) is 13.4. The topological polar surface area (TPSA) is 71.7 Å². The van der Waals surface area contributed by atoms with Crippen LogP contribution in [0, 0.1) is 13.8 Å². The Kier molecular flexibility index (Phi) is 5.69. The zero-order valence-electron chi connectivity index (χ0n) is 13.4. The lowest BCUT2D eigenvalue weighted by molar-refractivity contribution is 0.0939. The molecule has 0 bridgehead atoms. The zero-order chi connectivity index (χ0) is 17.0. The summed E-state index contributed by atoms with van der Waals surface area (Å²) in [7, 11) is 1.49. The number of nitrogens with one attached hydrogen (secondary N) is 1. The molecule has 1 atom stereocenters. The van der Waals surface area contributed by atoms with Gasteiger partial charge in [0.1, 0.15) is 17.3 Å². The van der Waals surface area contributed by atoms with Crippen LogP contribution in [0.1, 0.15) is 40.0 Å². The quantitative estimate of drug-likeness (QED) is 0.847. The minimum atomic E-state index is -0.686. The normalized spacial score (nSPS) is 12.0. The average Bonchev–Trinajstić information content (AvgIpc) is 2.85. The molecule has 0 saturated carbocycles. The van der Waals surface area contributed by atoms with E-state index < -0.39 is 6.10 Å². The van der Waals surface area contributed by atoms with Gasteiger partial charge in [0.25, 0.3) is 5.91 Å². The van der Waals surface area contributed by atoms with Crippen LogP contribution in [-0.4, -0.2) is 24.7 Å². The van der Waals surface area contributed by atoms with Crippen LogP contribution < -0.4 is 10.1 Å². The molecule has 1 amide bonds. The van der Waals surface area contributed by atoms with Crippen LogP contribution in [0.15, 0.2) is 28.7 Å². The summed E-state index contributed by atoms with van der Waals surface area (Å²) in [5.74, 6) is 1.60. The maximum Gasteiger partial charge on any atom is 0.255 e. The summed E-state index contributed by atoms with van der Waals surface area (Å²) < 4.78 is 10.6. The van der Waals surface area contributed by atoms with E-state index in [-0.39, 0.29) is 5.91 Å². The van der Waals surface area contributed by atoms with E-state index in [2.05, 4.69) is 5.32 Å². The van der Waals surface area contributed by atoms with E-state index >= 15 is 0 Å². The summed E-state index contributed by atoms with van der Waals surface area (Å²) in [6, 6.07) is 6.66. The van der Waals surface area contributed by atoms with Gasteiger partial charge in [-0.05, 0) is 44.5 Å². The second-order valence-corrected chi connectivity index (χ2v) is 5.71. The number of aliphatic hydroxyl groups excluding tert-OH is 1. The Hall–Kier alpha value is -1.98. The number of hydrogen-bond donors (Lipinski definition) is 2. The third-order valence-corrected chi connectivity index (χ3v) is 3.78. The fraction of sp³-hybridized carbons (Fsp3) is 0.353. The Labute approximate surface area is 140 Å². The summed E-state index contributed by atoms with van der Waals surface area (Å²) in [4.78, 5) is 12.2. The molecule has 1 aromatic heterocycles. The van der Waals surface area contributed by atoms with Crippen LogP contribution in [-0.2, 0) is 0 Å². The first kappa shape index (κ1) is 17.4. The molecule has 0 aliphatic carbocycles. The zero-order valence-corrected chi connectivity index (χ0v) is 14.1. The van der Waals surface area contributed by atoms with Gasteiger partial charge in [0.05, 0.1) is 18.8 Å². The Morgan fingerprint density at radius 2 is 2.13 bits per heavy atom. The van der Waals surface area contributed by atoms with Crippen molar-refractivity contribution in [2.45, 2.75) is 26.4 Å². The molecule has 1 aromatic carbocycles. The van der Waals surface area contributed by atoms with E-state index in [0.29, 0.717) is 35.1 Å². The fourth-order valence-corrected chi connectivity index (χ4v) is 2.58. The fourth-order valence-electron chi connectivity index (χ4n) is 2.41. The molecular weight excluding hydrogens is 318 g/mol. The molecule has 0 saturated heterocycles. The summed E-state index contributed by atoms with van der Waals surface area (Å²) in [6.07, 6.45) is -0.303. The van der Waals surface area contributed by atoms with Gasteiger partial charge in [-0.15, -0.1) is 0 Å². The lowest BCUT2D eigenvalue weighted by Crippen LogP contribution is -2.26. The molecule has 0 unspecified atom stereocenters. The molecule has 0 fully saturated rings. The number of carbonyl (C=O) groups is 1. The van der Waals surface area contributed by atoms with E-state index in [0.717, 1.165) is 11.3 Å². The van der Waals surface area contributed by atoms with Crippen molar-refractivity contribution < 1.29 is 19.1 Å². The van der Waals surface area contributed by atoms with Gasteiger partial charge in [-0.3, -0.25) is 4.79 Å². The van der Waals surface area contributed by atoms with Gasteiger partial charge in [-0.25, -0.2) is 0 Å². The standard InChI is InChI=1S/C17H20ClNO4/c1-10-8-13(11(2)23-10)15(20)6-7-19-17(21)14-9-12(18)4-5-16(14)22-3/h4-5,8-9,15,20H,6-7H2,1-3H3,(H,19,21)/t15-/m0/s1. The number of amides is 1. The summed E-state index contributed by atoms with van der Waals surface area (Å²) in [6.45, 7) is 3.96. The molecule has 0 aliphatic rings. The van der Waals surface area contributed by atoms with Crippen molar-refractivity contribution >= 4 is 17.5 Å². The van der Waals surface area contributed by atoms with Crippen molar-refractivity contribution in [2.24, 2.45) is 0 Å². The van der Waals surface area contributed by atoms with Crippen molar-refractivity contribution in [2.75, 3.05) is 13.7 Å². The number of carbonyl (C=O) groups excluding carboxylic acids is 1. The van der Waals surface area contributed by atoms with E-state index in [1.807, 2.05) is 13.0 Å². The van der Waals surface area contributed by atoms with E-state index in [1.54, 1.807) is 25.1 Å². The highest BCUT2D eigenvalue weighted by atomic mass is 35.5. The molecule has 1 heterocycles. The number of hydrogen-bond acceptors (Lipinski definition) is 4. The van der Waals surface area contributed by atoms with Crippen molar-refractivity contribution in [3.63, 3.8) is 0 Å². The van der Waals surface area contributed by atoms with Crippen LogP contribution in [0.3, 0.4) is 0 Å². The minimum absolute atomic E-state index is 0.295. The first-order valence-corrected chi connectivity index (χ1v) is 7.67. The van der Waals surface area contributed by atoms with Gasteiger partial charge < -0.3 is 19.6 Å². The van der Waals surface area contributed by atoms with Crippen LogP contribution >= 0.6 is 11.6 Å². The van der Waals surface area contributed by atoms with E-state index in [4.69, 9.17) is 20.8 Å². The third kappa shape index (κ3) is 4.27. The van der Waals surface area contributed by atoms with Crippen LogP contribution in [0.2, 0.25) is 5.02 Å². The highest BCUT2D eigenvalue weighted by molar-refractivity contribution is 6.31. The number of methoxy groups -OCH3 is 1. The SMILES string of the molecule is COc1ccc(Cl)cc1C(=O)NCC[C@H](O)c1cc(C)oc1C. The van der Waals surface area contributed by atoms with Crippen molar-refractivity contribution in [3.05, 3.63) is 51.9 Å². The summed E-state index contributed by atoms with van der Waals surface area (Å²) >= 11 is 5.92. The number of aliphatic hydroxyl groups is 1. The Bertz CT molecular complexity index is 696. The largest absolute Gasteiger partial charge is 0.496 e. The summed E-state index contributed by atoms with van der Waals surface area (Å²) in [5.41, 5.74) is 1.11. The van der Waals surface area contributed by atoms with Crippen molar-refractivity contribution in [1.82, 2.24) is 5.32 Å². The maximum atomic E-state index is 12.2. The first-order valence-electron chi connectivity index (χ1n) is 7.29.